The van der Waals surface area contributed by atoms with Gasteiger partial charge in [0.1, 0.15) is 0 Å². The van der Waals surface area contributed by atoms with Crippen LogP contribution in [0.15, 0.2) is 34.7 Å². The number of hydrogen-bond donors (Lipinski definition) is 2. The zero-order valence-corrected chi connectivity index (χ0v) is 14.2. The van der Waals surface area contributed by atoms with E-state index in [0.717, 1.165) is 16.6 Å². The van der Waals surface area contributed by atoms with Gasteiger partial charge in [0.05, 0.1) is 16.8 Å². The molecule has 0 bridgehead atoms. The molecule has 0 radical (unpaired) electrons. The van der Waals surface area contributed by atoms with Crippen LogP contribution >= 0.6 is 0 Å². The van der Waals surface area contributed by atoms with E-state index in [1.165, 1.54) is 0 Å². The van der Waals surface area contributed by atoms with E-state index in [0.29, 0.717) is 30.1 Å². The van der Waals surface area contributed by atoms with Crippen LogP contribution in [0.4, 0.5) is 5.95 Å². The monoisotopic (exact) mass is 345 g/mol. The summed E-state index contributed by atoms with van der Waals surface area (Å²) in [5.74, 6) is -0.0861. The number of anilines is 1. The number of amides is 1. The molecular weight excluding hydrogens is 326 g/mol. The van der Waals surface area contributed by atoms with Crippen molar-refractivity contribution in [1.29, 1.82) is 0 Å². The van der Waals surface area contributed by atoms with Crippen LogP contribution in [-0.4, -0.2) is 30.0 Å². The molecule has 1 aromatic heterocycles. The Balaban J connectivity index is 1.59. The Morgan fingerprint density at radius 1 is 1.29 bits per heavy atom. The summed E-state index contributed by atoms with van der Waals surface area (Å²) in [5.41, 5.74) is 2.57. The van der Waals surface area contributed by atoms with Crippen molar-refractivity contribution in [2.24, 2.45) is 11.8 Å². The number of nitrogens with one attached hydrogen (secondary N) is 2. The van der Waals surface area contributed by atoms with Crippen LogP contribution in [-0.2, 0) is 14.6 Å². The molecule has 6 nitrogen and oxygen atoms in total. The van der Waals surface area contributed by atoms with Gasteiger partial charge >= 0.3 is 0 Å². The molecule has 1 saturated heterocycles. The number of H-pyrrole nitrogens is 1. The largest absolute Gasteiger partial charge is 0.324 e. The Hall–Kier alpha value is -2.15. The van der Waals surface area contributed by atoms with Gasteiger partial charge in [0.2, 0.25) is 11.9 Å². The predicted molar refractivity (Wildman–Crippen MR) is 92.0 cm³/mol. The second kappa shape index (κ2) is 5.44. The van der Waals surface area contributed by atoms with E-state index in [2.05, 4.69) is 15.3 Å². The van der Waals surface area contributed by atoms with E-state index in [9.17, 15) is 13.2 Å². The topological polar surface area (TPSA) is 91.9 Å². The van der Waals surface area contributed by atoms with Crippen molar-refractivity contribution in [3.63, 3.8) is 0 Å². The van der Waals surface area contributed by atoms with Crippen LogP contribution in [0.2, 0.25) is 0 Å². The van der Waals surface area contributed by atoms with Crippen LogP contribution in [0, 0.1) is 11.8 Å². The maximum absolute atomic E-state index is 12.7. The number of aromatic amines is 1. The Morgan fingerprint density at radius 3 is 2.88 bits per heavy atom. The SMILES string of the molecule is CC1=C2[C@H](CCS2(=O)=O)[C@@H](C(=O)Nc2nc3ccccc3[nH]2)CC1. The molecule has 1 fully saturated rings. The minimum Gasteiger partial charge on any atom is -0.324 e. The fourth-order valence-corrected chi connectivity index (χ4v) is 6.11. The first kappa shape index (κ1) is 15.4. The second-order valence-corrected chi connectivity index (χ2v) is 8.67. The Kier molecular flexibility index (Phi) is 3.49. The molecule has 2 atom stereocenters. The van der Waals surface area contributed by atoms with Crippen molar-refractivity contribution in [3.8, 4) is 0 Å². The molecule has 2 N–H and O–H groups in total. The molecule has 2 aliphatic rings. The fraction of sp³-hybridized carbons (Fsp3) is 0.412. The van der Waals surface area contributed by atoms with E-state index in [-0.39, 0.29) is 23.5 Å². The van der Waals surface area contributed by atoms with Gasteiger partial charge in [-0.15, -0.1) is 0 Å². The smallest absolute Gasteiger partial charge is 0.230 e. The first-order valence-corrected chi connectivity index (χ1v) is 9.79. The number of imidazole rings is 1. The molecule has 2 heterocycles. The molecule has 126 valence electrons. The normalized spacial score (nSPS) is 25.7. The number of nitrogens with zero attached hydrogens (tertiary/aromatic N) is 1. The van der Waals surface area contributed by atoms with Gasteiger partial charge in [-0.3, -0.25) is 10.1 Å². The third-order valence-electron chi connectivity index (χ3n) is 5.07. The molecule has 0 spiro atoms. The lowest BCUT2D eigenvalue weighted by atomic mass is 9.79. The summed E-state index contributed by atoms with van der Waals surface area (Å²) in [6, 6.07) is 7.55. The molecule has 1 aromatic carbocycles. The quantitative estimate of drug-likeness (QED) is 0.875. The number of aromatic nitrogens is 2. The summed E-state index contributed by atoms with van der Waals surface area (Å²) in [4.78, 5) is 20.7. The summed E-state index contributed by atoms with van der Waals surface area (Å²) in [6.45, 7) is 1.87. The highest BCUT2D eigenvalue weighted by Crippen LogP contribution is 2.45. The number of hydrogen-bond acceptors (Lipinski definition) is 4. The first-order valence-electron chi connectivity index (χ1n) is 8.14. The van der Waals surface area contributed by atoms with Gasteiger partial charge in [-0.2, -0.15) is 0 Å². The van der Waals surface area contributed by atoms with Crippen molar-refractivity contribution < 1.29 is 13.2 Å². The second-order valence-electron chi connectivity index (χ2n) is 6.60. The summed E-state index contributed by atoms with van der Waals surface area (Å²) in [6.07, 6.45) is 1.87. The average Bonchev–Trinajstić information content (AvgIpc) is 3.08. The van der Waals surface area contributed by atoms with Crippen molar-refractivity contribution in [2.75, 3.05) is 11.1 Å². The lowest BCUT2D eigenvalue weighted by molar-refractivity contribution is -0.121. The van der Waals surface area contributed by atoms with Crippen molar-refractivity contribution >= 4 is 32.7 Å². The highest BCUT2D eigenvalue weighted by Gasteiger charge is 2.45. The standard InChI is InChI=1S/C17H19N3O3S/c1-10-6-7-12(11-8-9-24(22,23)15(10)11)16(21)20-17-18-13-4-2-3-5-14(13)19-17/h2-5,11-12H,6-9H2,1H3,(H2,18,19,20,21)/t11-,12+/m1/s1. The molecule has 24 heavy (non-hydrogen) atoms. The molecule has 1 aliphatic heterocycles. The lowest BCUT2D eigenvalue weighted by Gasteiger charge is -2.28. The van der Waals surface area contributed by atoms with E-state index in [1.807, 2.05) is 31.2 Å². The lowest BCUT2D eigenvalue weighted by Crippen LogP contribution is -2.32. The average molecular weight is 345 g/mol. The zero-order chi connectivity index (χ0) is 16.9. The van der Waals surface area contributed by atoms with Crippen LogP contribution in [0.1, 0.15) is 26.2 Å². The van der Waals surface area contributed by atoms with E-state index in [1.54, 1.807) is 0 Å². The van der Waals surface area contributed by atoms with Gasteiger partial charge in [-0.25, -0.2) is 13.4 Å². The van der Waals surface area contributed by atoms with Crippen LogP contribution in [0.3, 0.4) is 0 Å². The number of sulfone groups is 1. The summed E-state index contributed by atoms with van der Waals surface area (Å²) < 4.78 is 24.5. The molecule has 7 heteroatoms. The fourth-order valence-electron chi connectivity index (χ4n) is 3.95. The summed E-state index contributed by atoms with van der Waals surface area (Å²) in [5, 5.41) is 2.83. The zero-order valence-electron chi connectivity index (χ0n) is 13.4. The molecule has 0 unspecified atom stereocenters. The highest BCUT2D eigenvalue weighted by molar-refractivity contribution is 7.95. The van der Waals surface area contributed by atoms with Gasteiger partial charge in [0, 0.05) is 16.7 Å². The summed E-state index contributed by atoms with van der Waals surface area (Å²) >= 11 is 0. The number of carbonyl (C=O) groups excluding carboxylic acids is 1. The third kappa shape index (κ3) is 2.43. The molecular formula is C17H19N3O3S. The number of carbonyl (C=O) groups is 1. The molecule has 0 saturated carbocycles. The van der Waals surface area contributed by atoms with Crippen LogP contribution in [0.25, 0.3) is 11.0 Å². The van der Waals surface area contributed by atoms with Crippen molar-refractivity contribution in [1.82, 2.24) is 9.97 Å². The predicted octanol–water partition coefficient (Wildman–Crippen LogP) is 2.62. The maximum Gasteiger partial charge on any atom is 0.230 e. The van der Waals surface area contributed by atoms with Crippen molar-refractivity contribution in [3.05, 3.63) is 34.7 Å². The van der Waals surface area contributed by atoms with Gasteiger partial charge in [-0.1, -0.05) is 17.7 Å². The van der Waals surface area contributed by atoms with Crippen LogP contribution < -0.4 is 5.32 Å². The number of allylic oxidation sites excluding steroid dienone is 2. The number of rotatable bonds is 2. The Morgan fingerprint density at radius 2 is 2.08 bits per heavy atom. The molecule has 1 aliphatic carbocycles. The van der Waals surface area contributed by atoms with Gasteiger partial charge in [-0.05, 0) is 38.3 Å². The van der Waals surface area contributed by atoms with E-state index in [4.69, 9.17) is 0 Å². The van der Waals surface area contributed by atoms with E-state index < -0.39 is 9.84 Å². The van der Waals surface area contributed by atoms with Gasteiger partial charge in [0.15, 0.2) is 9.84 Å². The third-order valence-corrected chi connectivity index (χ3v) is 7.17. The van der Waals surface area contributed by atoms with Gasteiger partial charge < -0.3 is 4.98 Å². The molecule has 4 rings (SSSR count). The van der Waals surface area contributed by atoms with Crippen molar-refractivity contribution in [2.45, 2.75) is 26.2 Å². The molecule has 1 amide bonds. The van der Waals surface area contributed by atoms with Crippen LogP contribution in [0.5, 0.6) is 0 Å². The molecule has 2 aromatic rings. The Bertz CT molecular complexity index is 925. The minimum absolute atomic E-state index is 0.152. The highest BCUT2D eigenvalue weighted by atomic mass is 32.2. The van der Waals surface area contributed by atoms with E-state index >= 15 is 0 Å². The first-order chi connectivity index (χ1) is 11.5. The number of para-hydroxylation sites is 2. The number of fused-ring (bicyclic) bond motifs is 2. The summed E-state index contributed by atoms with van der Waals surface area (Å²) in [7, 11) is -3.18. The number of benzene rings is 1. The Labute approximate surface area is 140 Å². The van der Waals surface area contributed by atoms with Gasteiger partial charge in [0.25, 0.3) is 0 Å². The minimum atomic E-state index is -3.18. The maximum atomic E-state index is 12.7.